The van der Waals surface area contributed by atoms with Crippen molar-refractivity contribution < 1.29 is 9.52 Å². The summed E-state index contributed by atoms with van der Waals surface area (Å²) >= 11 is 0. The van der Waals surface area contributed by atoms with Crippen LogP contribution in [0.3, 0.4) is 0 Å². The zero-order valence-electron chi connectivity index (χ0n) is 13.4. The summed E-state index contributed by atoms with van der Waals surface area (Å²) in [6.07, 6.45) is 0.871. The van der Waals surface area contributed by atoms with E-state index in [1.165, 1.54) is 5.56 Å². The predicted molar refractivity (Wildman–Crippen MR) is 96.0 cm³/mol. The first-order valence-corrected chi connectivity index (χ1v) is 8.31. The molecule has 1 aliphatic heterocycles. The smallest absolute Gasteiger partial charge is 0.345 e. The fraction of sp³-hybridized carbons (Fsp3) is 0.150. The van der Waals surface area contributed by atoms with Gasteiger partial charge in [0.25, 0.3) is 0 Å². The van der Waals surface area contributed by atoms with E-state index in [0.29, 0.717) is 11.0 Å². The van der Waals surface area contributed by atoms with E-state index in [1.54, 1.807) is 18.2 Å². The van der Waals surface area contributed by atoms with Crippen molar-refractivity contribution in [2.45, 2.75) is 12.5 Å². The monoisotopic (exact) mass is 332 g/mol. The highest BCUT2D eigenvalue weighted by Gasteiger charge is 2.30. The number of rotatable bonds is 1. The van der Waals surface area contributed by atoms with Gasteiger partial charge in [-0.25, -0.2) is 4.79 Å². The van der Waals surface area contributed by atoms with Gasteiger partial charge >= 0.3 is 5.63 Å². The van der Waals surface area contributed by atoms with E-state index >= 15 is 0 Å². The van der Waals surface area contributed by atoms with Crippen LogP contribution < -0.4 is 10.9 Å². The van der Waals surface area contributed by atoms with Crippen molar-refractivity contribution in [3.8, 4) is 5.75 Å². The van der Waals surface area contributed by atoms with Crippen LogP contribution in [0.25, 0.3) is 21.9 Å². The highest BCUT2D eigenvalue weighted by Crippen LogP contribution is 2.37. The lowest BCUT2D eigenvalue weighted by molar-refractivity contribution is 0.435. The van der Waals surface area contributed by atoms with Crippen molar-refractivity contribution in [2.75, 3.05) is 6.54 Å². The molecule has 0 saturated heterocycles. The molecule has 0 fully saturated rings. The van der Waals surface area contributed by atoms with Gasteiger partial charge in [-0.05, 0) is 30.2 Å². The van der Waals surface area contributed by atoms with Crippen molar-refractivity contribution in [2.24, 2.45) is 0 Å². The zero-order valence-corrected chi connectivity index (χ0v) is 13.4. The van der Waals surface area contributed by atoms with Crippen molar-refractivity contribution in [3.63, 3.8) is 0 Å². The molecule has 2 aromatic carbocycles. The number of benzene rings is 2. The number of hydrogen-bond donors (Lipinski definition) is 3. The number of aromatic amines is 1. The number of fused-ring (bicyclic) bond motifs is 4. The van der Waals surface area contributed by atoms with E-state index < -0.39 is 11.7 Å². The Morgan fingerprint density at radius 3 is 2.68 bits per heavy atom. The molecule has 3 heterocycles. The average molecular weight is 332 g/mol. The Morgan fingerprint density at radius 1 is 1.04 bits per heavy atom. The van der Waals surface area contributed by atoms with Gasteiger partial charge in [0.1, 0.15) is 16.9 Å². The minimum atomic E-state index is -0.514. The lowest BCUT2D eigenvalue weighted by atomic mass is 9.94. The molecule has 1 unspecified atom stereocenters. The summed E-state index contributed by atoms with van der Waals surface area (Å²) in [5.74, 6) is -0.0177. The third kappa shape index (κ3) is 2.03. The van der Waals surface area contributed by atoms with E-state index in [-0.39, 0.29) is 11.3 Å². The molecule has 0 bridgehead atoms. The number of nitrogens with one attached hydrogen (secondary N) is 2. The first kappa shape index (κ1) is 14.3. The lowest BCUT2D eigenvalue weighted by Crippen LogP contribution is -2.33. The molecule has 0 amide bonds. The molecule has 4 aromatic rings. The van der Waals surface area contributed by atoms with Gasteiger partial charge in [-0.15, -0.1) is 0 Å². The lowest BCUT2D eigenvalue weighted by Gasteiger charge is -2.24. The Balaban J connectivity index is 1.79. The fourth-order valence-corrected chi connectivity index (χ4v) is 3.83. The molecule has 0 saturated carbocycles. The van der Waals surface area contributed by atoms with E-state index in [2.05, 4.69) is 16.4 Å². The molecule has 2 aromatic heterocycles. The molecule has 5 heteroatoms. The molecule has 3 N–H and O–H groups in total. The van der Waals surface area contributed by atoms with E-state index in [1.807, 2.05) is 24.3 Å². The minimum Gasteiger partial charge on any atom is -0.507 e. The first-order valence-electron chi connectivity index (χ1n) is 8.31. The predicted octanol–water partition coefficient (Wildman–Crippen LogP) is 3.22. The van der Waals surface area contributed by atoms with Gasteiger partial charge in [-0.2, -0.15) is 0 Å². The maximum absolute atomic E-state index is 12.6. The largest absolute Gasteiger partial charge is 0.507 e. The summed E-state index contributed by atoms with van der Waals surface area (Å²) < 4.78 is 5.45. The van der Waals surface area contributed by atoms with Crippen LogP contribution in [0.15, 0.2) is 57.7 Å². The molecule has 0 aliphatic carbocycles. The number of H-pyrrole nitrogens is 1. The Morgan fingerprint density at radius 2 is 1.80 bits per heavy atom. The van der Waals surface area contributed by atoms with Crippen molar-refractivity contribution in [1.82, 2.24) is 10.3 Å². The van der Waals surface area contributed by atoms with Gasteiger partial charge in [-0.3, -0.25) is 0 Å². The van der Waals surface area contributed by atoms with E-state index in [0.717, 1.165) is 29.6 Å². The fourth-order valence-electron chi connectivity index (χ4n) is 3.83. The second kappa shape index (κ2) is 5.22. The third-order valence-corrected chi connectivity index (χ3v) is 4.97. The summed E-state index contributed by atoms with van der Waals surface area (Å²) in [6, 6.07) is 14.7. The molecular formula is C20H16N2O3. The first-order chi connectivity index (χ1) is 12.2. The maximum atomic E-state index is 12.6. The third-order valence-electron chi connectivity index (χ3n) is 4.97. The van der Waals surface area contributed by atoms with Gasteiger partial charge in [0, 0.05) is 23.1 Å². The average Bonchev–Trinajstić information content (AvgIpc) is 3.01. The SMILES string of the molecule is O=c1oc2ccccc2c(O)c1C1NCCc2c1[nH]c1ccccc21. The van der Waals surface area contributed by atoms with Crippen LogP contribution in [0.4, 0.5) is 0 Å². The molecule has 5 rings (SSSR count). The molecule has 25 heavy (non-hydrogen) atoms. The summed E-state index contributed by atoms with van der Waals surface area (Å²) in [5.41, 5.74) is 3.27. The van der Waals surface area contributed by atoms with Crippen LogP contribution in [-0.2, 0) is 6.42 Å². The van der Waals surface area contributed by atoms with Gasteiger partial charge < -0.3 is 19.8 Å². The van der Waals surface area contributed by atoms with Crippen LogP contribution in [0.1, 0.15) is 22.9 Å². The van der Waals surface area contributed by atoms with Crippen molar-refractivity contribution >= 4 is 21.9 Å². The molecule has 124 valence electrons. The highest BCUT2D eigenvalue weighted by atomic mass is 16.4. The molecule has 1 atom stereocenters. The van der Waals surface area contributed by atoms with Gasteiger partial charge in [0.05, 0.1) is 11.4 Å². The Labute approximate surface area is 142 Å². The topological polar surface area (TPSA) is 78.3 Å². The van der Waals surface area contributed by atoms with Crippen LogP contribution in [0.2, 0.25) is 0 Å². The van der Waals surface area contributed by atoms with Crippen LogP contribution in [0, 0.1) is 0 Å². The number of aromatic nitrogens is 1. The summed E-state index contributed by atoms with van der Waals surface area (Å²) in [5, 5.41) is 15.8. The number of aromatic hydroxyl groups is 1. The Bertz CT molecular complexity index is 1170. The van der Waals surface area contributed by atoms with E-state index in [4.69, 9.17) is 4.42 Å². The van der Waals surface area contributed by atoms with Crippen LogP contribution >= 0.6 is 0 Å². The van der Waals surface area contributed by atoms with Crippen molar-refractivity contribution in [3.05, 3.63) is 75.8 Å². The quantitative estimate of drug-likeness (QED) is 0.468. The summed E-state index contributed by atoms with van der Waals surface area (Å²) in [7, 11) is 0. The zero-order chi connectivity index (χ0) is 17.0. The second-order valence-corrected chi connectivity index (χ2v) is 6.35. The number of para-hydroxylation sites is 2. The molecule has 0 spiro atoms. The maximum Gasteiger partial charge on any atom is 0.345 e. The molecule has 5 nitrogen and oxygen atoms in total. The van der Waals surface area contributed by atoms with Crippen LogP contribution in [-0.4, -0.2) is 16.6 Å². The van der Waals surface area contributed by atoms with Gasteiger partial charge in [0.2, 0.25) is 0 Å². The number of hydrogen-bond acceptors (Lipinski definition) is 4. The summed E-state index contributed by atoms with van der Waals surface area (Å²) in [6.45, 7) is 0.727. The standard InChI is InChI=1S/C20H16N2O3/c23-19-13-6-2-4-8-15(13)25-20(24)16(19)18-17-12(9-10-21-18)11-5-1-3-7-14(11)22-17/h1-8,18,21-23H,9-10H2. The molecule has 1 aliphatic rings. The minimum absolute atomic E-state index is 0.0177. The Kier molecular flexibility index (Phi) is 2.99. The van der Waals surface area contributed by atoms with Gasteiger partial charge in [-0.1, -0.05) is 30.3 Å². The van der Waals surface area contributed by atoms with Crippen molar-refractivity contribution in [1.29, 1.82) is 0 Å². The van der Waals surface area contributed by atoms with Crippen LogP contribution in [0.5, 0.6) is 5.75 Å². The van der Waals surface area contributed by atoms with E-state index in [9.17, 15) is 9.90 Å². The molecule has 0 radical (unpaired) electrons. The van der Waals surface area contributed by atoms with Gasteiger partial charge in [0.15, 0.2) is 0 Å². The second-order valence-electron chi connectivity index (χ2n) is 6.35. The highest BCUT2D eigenvalue weighted by molar-refractivity contribution is 5.87. The summed E-state index contributed by atoms with van der Waals surface area (Å²) in [4.78, 5) is 16.0. The normalized spacial score (nSPS) is 17.0. The Hall–Kier alpha value is -3.05. The molecular weight excluding hydrogens is 316 g/mol.